The van der Waals surface area contributed by atoms with E-state index in [9.17, 15) is 4.79 Å². The fourth-order valence-electron chi connectivity index (χ4n) is 2.50. The number of benzene rings is 2. The highest BCUT2D eigenvalue weighted by molar-refractivity contribution is 7.99. The van der Waals surface area contributed by atoms with Crippen LogP contribution >= 0.6 is 34.7 Å². The average Bonchev–Trinajstić information content (AvgIpc) is 3.39. The summed E-state index contributed by atoms with van der Waals surface area (Å²) >= 11 is 8.73. The van der Waals surface area contributed by atoms with Gasteiger partial charge in [0, 0.05) is 28.1 Å². The summed E-state index contributed by atoms with van der Waals surface area (Å²) in [6, 6.07) is 17.1. The van der Waals surface area contributed by atoms with Crippen LogP contribution in [0.1, 0.15) is 6.42 Å². The van der Waals surface area contributed by atoms with Crippen molar-refractivity contribution in [1.29, 1.82) is 0 Å². The number of carbonyl (C=O) groups is 1. The number of aromatic nitrogens is 5. The number of hydrogen-bond acceptors (Lipinski definition) is 7. The molecule has 0 atom stereocenters. The molecule has 10 heteroatoms. The number of rotatable bonds is 7. The van der Waals surface area contributed by atoms with E-state index in [1.807, 2.05) is 60.0 Å². The third kappa shape index (κ3) is 5.00. The predicted molar refractivity (Wildman–Crippen MR) is 116 cm³/mol. The van der Waals surface area contributed by atoms with Gasteiger partial charge in [-0.25, -0.2) is 4.98 Å². The molecule has 2 aromatic carbocycles. The lowest BCUT2D eigenvalue weighted by Crippen LogP contribution is -2.12. The van der Waals surface area contributed by atoms with E-state index in [2.05, 4.69) is 25.8 Å². The molecule has 1 amide bonds. The first kappa shape index (κ1) is 19.6. The van der Waals surface area contributed by atoms with Gasteiger partial charge in [0.05, 0.1) is 11.4 Å². The van der Waals surface area contributed by atoms with E-state index in [4.69, 9.17) is 11.6 Å². The van der Waals surface area contributed by atoms with Gasteiger partial charge in [-0.15, -0.1) is 16.4 Å². The third-order valence-corrected chi connectivity index (χ3v) is 5.82. The van der Waals surface area contributed by atoms with Crippen LogP contribution in [0.3, 0.4) is 0 Å². The highest BCUT2D eigenvalue weighted by Gasteiger charge is 2.11. The minimum Gasteiger partial charge on any atom is -0.302 e. The van der Waals surface area contributed by atoms with Crippen LogP contribution in [0.4, 0.5) is 5.13 Å². The molecule has 7 nitrogen and oxygen atoms in total. The number of amides is 1. The molecular weight excluding hydrogens is 428 g/mol. The maximum Gasteiger partial charge on any atom is 0.226 e. The van der Waals surface area contributed by atoms with E-state index in [1.54, 1.807) is 4.68 Å². The number of thioether (sulfide) groups is 1. The summed E-state index contributed by atoms with van der Waals surface area (Å²) in [5.74, 6) is 0.447. The van der Waals surface area contributed by atoms with Crippen LogP contribution in [-0.4, -0.2) is 36.9 Å². The molecule has 0 aliphatic rings. The van der Waals surface area contributed by atoms with Gasteiger partial charge in [0.1, 0.15) is 0 Å². The molecule has 0 bridgehead atoms. The average molecular weight is 443 g/mol. The van der Waals surface area contributed by atoms with E-state index < -0.39 is 0 Å². The zero-order chi connectivity index (χ0) is 20.1. The fourth-order valence-corrected chi connectivity index (χ4v) is 4.19. The van der Waals surface area contributed by atoms with E-state index in [-0.39, 0.29) is 5.91 Å². The largest absolute Gasteiger partial charge is 0.302 e. The van der Waals surface area contributed by atoms with E-state index in [0.717, 1.165) is 16.9 Å². The first-order chi connectivity index (χ1) is 14.2. The molecule has 0 aliphatic carbocycles. The van der Waals surface area contributed by atoms with Gasteiger partial charge in [0.25, 0.3) is 0 Å². The molecule has 4 rings (SSSR count). The lowest BCUT2D eigenvalue weighted by atomic mass is 10.2. The minimum atomic E-state index is -0.103. The molecule has 0 radical (unpaired) electrons. The number of nitrogens with one attached hydrogen (secondary N) is 1. The first-order valence-corrected chi connectivity index (χ1v) is 10.9. The van der Waals surface area contributed by atoms with Crippen molar-refractivity contribution in [3.8, 4) is 16.9 Å². The van der Waals surface area contributed by atoms with Gasteiger partial charge in [-0.05, 0) is 34.7 Å². The van der Waals surface area contributed by atoms with Crippen molar-refractivity contribution in [3.05, 3.63) is 65.0 Å². The lowest BCUT2D eigenvalue weighted by molar-refractivity contribution is -0.115. The zero-order valence-corrected chi connectivity index (χ0v) is 17.4. The van der Waals surface area contributed by atoms with Crippen molar-refractivity contribution in [1.82, 2.24) is 25.2 Å². The standard InChI is InChI=1S/C19H15ClN6OS2/c20-14-8-6-13(7-9-14)16-12-29-18(21-16)22-17(27)10-11-28-19-23-24-25-26(19)15-4-2-1-3-5-15/h1-9,12H,10-11H2,(H,21,22,27). The smallest absolute Gasteiger partial charge is 0.226 e. The Morgan fingerprint density at radius 3 is 2.72 bits per heavy atom. The monoisotopic (exact) mass is 442 g/mol. The molecule has 2 aromatic heterocycles. The number of carbonyl (C=O) groups excluding carboxylic acids is 1. The van der Waals surface area contributed by atoms with Crippen molar-refractivity contribution >= 4 is 45.7 Å². The molecular formula is C19H15ClN6OS2. The topological polar surface area (TPSA) is 85.6 Å². The van der Waals surface area contributed by atoms with Crippen molar-refractivity contribution in [2.24, 2.45) is 0 Å². The summed E-state index contributed by atoms with van der Waals surface area (Å²) in [6.45, 7) is 0. The number of halogens is 1. The summed E-state index contributed by atoms with van der Waals surface area (Å²) in [5.41, 5.74) is 2.63. The molecule has 0 saturated heterocycles. The Labute approximate surface area is 180 Å². The first-order valence-electron chi connectivity index (χ1n) is 8.67. The molecule has 4 aromatic rings. The summed E-state index contributed by atoms with van der Waals surface area (Å²) in [6.07, 6.45) is 0.322. The fraction of sp³-hybridized carbons (Fsp3) is 0.105. The summed E-state index contributed by atoms with van der Waals surface area (Å²) in [4.78, 5) is 16.7. The number of thiazole rings is 1. The lowest BCUT2D eigenvalue weighted by Gasteiger charge is -2.04. The van der Waals surface area contributed by atoms with Crippen molar-refractivity contribution in [2.45, 2.75) is 11.6 Å². The summed E-state index contributed by atoms with van der Waals surface area (Å²) in [5, 5.41) is 18.4. The highest BCUT2D eigenvalue weighted by atomic mass is 35.5. The number of hydrogen-bond donors (Lipinski definition) is 1. The van der Waals surface area contributed by atoms with Crippen LogP contribution in [-0.2, 0) is 4.79 Å². The summed E-state index contributed by atoms with van der Waals surface area (Å²) < 4.78 is 1.65. The van der Waals surface area contributed by atoms with Crippen LogP contribution in [0.15, 0.2) is 65.1 Å². The van der Waals surface area contributed by atoms with Gasteiger partial charge in [-0.1, -0.05) is 53.7 Å². The van der Waals surface area contributed by atoms with Crippen molar-refractivity contribution in [3.63, 3.8) is 0 Å². The third-order valence-electron chi connectivity index (χ3n) is 3.89. The molecule has 29 heavy (non-hydrogen) atoms. The second kappa shape index (κ2) is 9.17. The van der Waals surface area contributed by atoms with E-state index in [0.29, 0.717) is 27.5 Å². The van der Waals surface area contributed by atoms with E-state index >= 15 is 0 Å². The van der Waals surface area contributed by atoms with Crippen molar-refractivity contribution in [2.75, 3.05) is 11.1 Å². The molecule has 2 heterocycles. The number of nitrogens with zero attached hydrogens (tertiary/aromatic N) is 5. The van der Waals surface area contributed by atoms with E-state index in [1.165, 1.54) is 23.1 Å². The Kier molecular flexibility index (Phi) is 6.18. The quantitative estimate of drug-likeness (QED) is 0.422. The number of tetrazole rings is 1. The summed E-state index contributed by atoms with van der Waals surface area (Å²) in [7, 11) is 0. The van der Waals surface area contributed by atoms with Gasteiger partial charge in [0.2, 0.25) is 11.1 Å². The predicted octanol–water partition coefficient (Wildman–Crippen LogP) is 4.56. The second-order valence-corrected chi connectivity index (χ2v) is 8.26. The molecule has 0 spiro atoms. The van der Waals surface area contributed by atoms with Crippen molar-refractivity contribution < 1.29 is 4.79 Å². The van der Waals surface area contributed by atoms with Gasteiger partial charge in [0.15, 0.2) is 5.13 Å². The minimum absolute atomic E-state index is 0.103. The Hall–Kier alpha value is -2.75. The Morgan fingerprint density at radius 1 is 1.14 bits per heavy atom. The van der Waals surface area contributed by atoms with Gasteiger partial charge >= 0.3 is 0 Å². The maximum absolute atomic E-state index is 12.3. The SMILES string of the molecule is O=C(CCSc1nnnn1-c1ccccc1)Nc1nc(-c2ccc(Cl)cc2)cs1. The molecule has 0 unspecified atom stereocenters. The highest BCUT2D eigenvalue weighted by Crippen LogP contribution is 2.26. The molecule has 1 N–H and O–H groups in total. The molecule has 0 fully saturated rings. The van der Waals surface area contributed by atoms with Gasteiger partial charge < -0.3 is 5.32 Å². The Bertz CT molecular complexity index is 1100. The second-order valence-electron chi connectivity index (χ2n) is 5.90. The van der Waals surface area contributed by atoms with Crippen LogP contribution in [0, 0.1) is 0 Å². The molecule has 146 valence electrons. The van der Waals surface area contributed by atoms with Crippen LogP contribution in [0.25, 0.3) is 16.9 Å². The van der Waals surface area contributed by atoms with Gasteiger partial charge in [-0.2, -0.15) is 4.68 Å². The van der Waals surface area contributed by atoms with Crippen LogP contribution in [0.2, 0.25) is 5.02 Å². The van der Waals surface area contributed by atoms with Crippen LogP contribution < -0.4 is 5.32 Å². The Morgan fingerprint density at radius 2 is 1.93 bits per heavy atom. The maximum atomic E-state index is 12.3. The molecule has 0 saturated carbocycles. The Balaban J connectivity index is 1.30. The number of para-hydroxylation sites is 1. The zero-order valence-electron chi connectivity index (χ0n) is 15.0. The normalized spacial score (nSPS) is 10.8. The number of anilines is 1. The molecule has 0 aliphatic heterocycles. The van der Waals surface area contributed by atoms with Gasteiger partial charge in [-0.3, -0.25) is 4.79 Å². The van der Waals surface area contributed by atoms with Crippen LogP contribution in [0.5, 0.6) is 0 Å².